The second-order valence-electron chi connectivity index (χ2n) is 38.2. The minimum Gasteiger partial charge on any atom is -0.404 e. The van der Waals surface area contributed by atoms with Gasteiger partial charge in [-0.15, -0.1) is 0 Å². The predicted octanol–water partition coefficient (Wildman–Crippen LogP) is 19.4. The maximum Gasteiger partial charge on any atom is 0.261 e. The number of ether oxygens (including phenoxy) is 5. The molecule has 2 heterocycles. The Hall–Kier alpha value is -6.81. The zero-order valence-electron chi connectivity index (χ0n) is 73.2. The van der Waals surface area contributed by atoms with E-state index in [9.17, 15) is 5.11 Å². The lowest BCUT2D eigenvalue weighted by atomic mass is 9.92. The quantitative estimate of drug-likeness (QED) is 0.0305. The van der Waals surface area contributed by atoms with E-state index in [-0.39, 0.29) is 49.0 Å². The topological polar surface area (TPSA) is 103 Å². The predicted molar refractivity (Wildman–Crippen MR) is 490 cm³/mol. The third-order valence-electron chi connectivity index (χ3n) is 24.0. The number of aliphatic hydroxyl groups is 1. The lowest BCUT2D eigenvalue weighted by molar-refractivity contribution is -0.326. The smallest absolute Gasteiger partial charge is 0.261 e. The molecule has 0 radical (unpaired) electrons. The van der Waals surface area contributed by atoms with Crippen LogP contribution in [-0.2, 0) is 48.0 Å². The Morgan fingerprint density at radius 3 is 0.957 bits per heavy atom. The van der Waals surface area contributed by atoms with Crippen molar-refractivity contribution in [3.8, 4) is 0 Å². The summed E-state index contributed by atoms with van der Waals surface area (Å²) in [6, 6.07) is 99.9. The molecule has 0 aliphatic carbocycles. The number of hydrogen-bond acceptors (Lipinski definition) is 10. The van der Waals surface area contributed by atoms with E-state index in [2.05, 4.69) is 403 Å². The van der Waals surface area contributed by atoms with E-state index in [1.54, 1.807) is 0 Å². The number of benzene rings is 9. The molecule has 1 N–H and O–H groups in total. The van der Waals surface area contributed by atoms with E-state index in [1.807, 2.05) is 13.8 Å². The van der Waals surface area contributed by atoms with Crippen molar-refractivity contribution in [2.45, 2.75) is 276 Å². The Morgan fingerprint density at radius 2 is 0.638 bits per heavy atom. The first-order valence-electron chi connectivity index (χ1n) is 42.9. The normalized spacial score (nSPS) is 19.6. The van der Waals surface area contributed by atoms with Gasteiger partial charge in [0, 0.05) is 38.2 Å². The Balaban J connectivity index is 1.19. The molecule has 9 aromatic rings. The van der Waals surface area contributed by atoms with Crippen molar-refractivity contribution in [2.24, 2.45) is 11.8 Å². The lowest BCUT2D eigenvalue weighted by Crippen LogP contribution is -2.70. The van der Waals surface area contributed by atoms with E-state index in [1.165, 1.54) is 41.5 Å². The summed E-state index contributed by atoms with van der Waals surface area (Å²) >= 11 is 0. The van der Waals surface area contributed by atoms with E-state index in [4.69, 9.17) is 41.4 Å². The van der Waals surface area contributed by atoms with Gasteiger partial charge in [-0.1, -0.05) is 389 Å². The van der Waals surface area contributed by atoms with Crippen LogP contribution in [0.2, 0.25) is 20.2 Å². The fourth-order valence-corrected chi connectivity index (χ4v) is 38.0. The molecule has 10 nitrogen and oxygen atoms in total. The highest BCUT2D eigenvalue weighted by Gasteiger charge is 2.58. The van der Waals surface area contributed by atoms with Gasteiger partial charge in [0.25, 0.3) is 33.3 Å². The summed E-state index contributed by atoms with van der Waals surface area (Å²) in [6.07, 6.45) is 5.92. The van der Waals surface area contributed by atoms with Gasteiger partial charge >= 0.3 is 0 Å². The van der Waals surface area contributed by atoms with E-state index in [0.717, 1.165) is 5.56 Å². The molecule has 620 valence electrons. The highest BCUT2D eigenvalue weighted by Crippen LogP contribution is 2.47. The van der Waals surface area contributed by atoms with Crippen molar-refractivity contribution in [3.05, 3.63) is 291 Å². The second-order valence-corrected chi connectivity index (χ2v) is 55.2. The monoisotopic (exact) mass is 1630 g/mol. The molecule has 2 saturated heterocycles. The molecule has 0 unspecified atom stereocenters. The van der Waals surface area contributed by atoms with Crippen molar-refractivity contribution < 1.29 is 46.5 Å². The third kappa shape index (κ3) is 21.3. The van der Waals surface area contributed by atoms with E-state index < -0.39 is 89.4 Å². The molecular formula is C102H136O10Si4. The summed E-state index contributed by atoms with van der Waals surface area (Å²) in [5.41, 5.74) is 1.14. The molecule has 11 rings (SSSR count). The third-order valence-corrected chi connectivity index (χ3v) is 44.4. The molecule has 9 aromatic carbocycles. The van der Waals surface area contributed by atoms with Crippen LogP contribution in [0.4, 0.5) is 0 Å². The summed E-state index contributed by atoms with van der Waals surface area (Å²) in [4.78, 5) is 0. The molecule has 14 heteroatoms. The molecule has 116 heavy (non-hydrogen) atoms. The van der Waals surface area contributed by atoms with Crippen molar-refractivity contribution in [1.82, 2.24) is 0 Å². The van der Waals surface area contributed by atoms with E-state index in [0.29, 0.717) is 58.0 Å². The van der Waals surface area contributed by atoms with Gasteiger partial charge in [0.2, 0.25) is 0 Å². The van der Waals surface area contributed by atoms with Crippen molar-refractivity contribution >= 4 is 74.8 Å². The fraction of sp³-hybridized carbons (Fsp3) is 0.451. The summed E-state index contributed by atoms with van der Waals surface area (Å²) in [5, 5.41) is 18.1. The average molecular weight is 1630 g/mol. The van der Waals surface area contributed by atoms with Crippen LogP contribution in [-0.4, -0.2) is 111 Å². The van der Waals surface area contributed by atoms with Gasteiger partial charge in [0.1, 0.15) is 0 Å². The maximum absolute atomic E-state index is 10.3. The van der Waals surface area contributed by atoms with E-state index >= 15 is 0 Å². The summed E-state index contributed by atoms with van der Waals surface area (Å²) in [5.74, 6) is -1.65. The minimum absolute atomic E-state index is 0.0261. The van der Waals surface area contributed by atoms with Crippen LogP contribution >= 0.6 is 0 Å². The Bertz CT molecular complexity index is 4260. The first-order chi connectivity index (χ1) is 55.1. The first kappa shape index (κ1) is 90.0. The van der Waals surface area contributed by atoms with Gasteiger partial charge in [-0.05, 0) is 127 Å². The van der Waals surface area contributed by atoms with Gasteiger partial charge < -0.3 is 46.5 Å². The van der Waals surface area contributed by atoms with Gasteiger partial charge in [0.15, 0.2) is 11.6 Å². The molecule has 0 aromatic heterocycles. The van der Waals surface area contributed by atoms with Crippen LogP contribution in [0.15, 0.2) is 285 Å². The maximum atomic E-state index is 10.3. The van der Waals surface area contributed by atoms with Gasteiger partial charge in [0.05, 0.1) is 61.5 Å². The first-order valence-corrected chi connectivity index (χ1v) is 50.6. The van der Waals surface area contributed by atoms with Gasteiger partial charge in [-0.3, -0.25) is 0 Å². The molecular weight excluding hydrogens is 1500 g/mol. The number of rotatable bonds is 35. The largest absolute Gasteiger partial charge is 0.404 e. The Labute approximate surface area is 702 Å². The minimum atomic E-state index is -3.54. The summed E-state index contributed by atoms with van der Waals surface area (Å²) < 4.78 is 70.6. The molecule has 0 amide bonds. The zero-order chi connectivity index (χ0) is 83.2. The molecule has 0 bridgehead atoms. The Morgan fingerprint density at radius 1 is 0.362 bits per heavy atom. The van der Waals surface area contributed by atoms with Crippen molar-refractivity contribution in [1.29, 1.82) is 0 Å². The lowest BCUT2D eigenvalue weighted by Gasteiger charge is -2.50. The van der Waals surface area contributed by atoms with Gasteiger partial charge in [-0.2, -0.15) is 0 Å². The van der Waals surface area contributed by atoms with Crippen LogP contribution < -0.4 is 41.5 Å². The van der Waals surface area contributed by atoms with Crippen LogP contribution in [0, 0.1) is 11.8 Å². The van der Waals surface area contributed by atoms with Crippen LogP contribution in [0.1, 0.15) is 188 Å². The molecule has 0 saturated carbocycles. The fourth-order valence-electron chi connectivity index (χ4n) is 19.2. The summed E-state index contributed by atoms with van der Waals surface area (Å²) in [6.45, 7) is 44.3. The SMILES string of the molecule is CC(C)[C@H](OCc1ccccc1)[C@@H](C)/C=C/[C@@H](C[C@@H](C[C@H](C[C@H](C[C@H]1C[C@H](C[C@@H]2C[C@H](CCO)OC(C)(C)O2)OC(C)(C)O1)O[Si](c1ccccc1)(c1ccccc1)C(C)(C)C)O[Si](c1ccccc1)(c1ccccc1)C(C)(C)C)O[Si](c1ccccc1)(c1ccccc1)C(C)(C)C)O[Si](c1ccccc1)(c1ccccc1)C(C)(C)C. The molecule has 2 aliphatic rings. The molecule has 2 aliphatic heterocycles. The zero-order valence-corrected chi connectivity index (χ0v) is 77.2. The molecule has 0 spiro atoms. The van der Waals surface area contributed by atoms with Crippen molar-refractivity contribution in [3.63, 3.8) is 0 Å². The number of aliphatic hydroxyl groups excluding tert-OH is 1. The Kier molecular flexibility index (Phi) is 30.0. The number of hydrogen-bond donors (Lipinski definition) is 1. The van der Waals surface area contributed by atoms with Crippen LogP contribution in [0.25, 0.3) is 0 Å². The van der Waals surface area contributed by atoms with Gasteiger partial charge in [-0.25, -0.2) is 0 Å². The van der Waals surface area contributed by atoms with Crippen LogP contribution in [0.5, 0.6) is 0 Å². The molecule has 2 fully saturated rings. The average Bonchev–Trinajstić information content (AvgIpc) is 0.741. The summed E-state index contributed by atoms with van der Waals surface area (Å²) in [7, 11) is -13.9. The van der Waals surface area contributed by atoms with Crippen molar-refractivity contribution in [2.75, 3.05) is 6.61 Å². The highest BCUT2D eigenvalue weighted by molar-refractivity contribution is 7.01. The standard InChI is InChI=1S/C102H136O10Si4/c1-77(2)96(104-76-79-47-29-20-30-48-79)78(3)65-66-81(109-113(97(4,5)6,88-49-31-21-32-50-88)89-51-33-22-34-52-89)70-85(110-114(98(7,8)9,90-53-35-23-36-54-90)91-55-37-24-38-56-91)74-87(112-116(100(13,14)15,94-61-43-27-44-62-94)95-63-45-28-46-64-95)75-86(111-115(99(10,11)12,92-57-39-25-40-58-92)93-59-41-26-42-60-93)73-84-72-83(107-102(18,19)108-84)71-82-69-80(67-68-103)105-101(16,17)106-82/h20-66,77-78,80-87,96,103H,67-76H2,1-19H3/b66-65+/t78-,80-,81-,82-,83-,84+,85-,86-,87+,96-/m0/s1. The second kappa shape index (κ2) is 38.7. The highest BCUT2D eigenvalue weighted by atomic mass is 28.4. The van der Waals surface area contributed by atoms with Crippen LogP contribution in [0.3, 0.4) is 0 Å². The molecule has 10 atom stereocenters.